The van der Waals surface area contributed by atoms with Crippen LogP contribution in [-0.2, 0) is 0 Å². The summed E-state index contributed by atoms with van der Waals surface area (Å²) in [6, 6.07) is 10.2. The second-order valence-corrected chi connectivity index (χ2v) is 6.75. The molecule has 0 aliphatic carbocycles. The molecule has 1 fully saturated rings. The van der Waals surface area contributed by atoms with E-state index in [1.54, 1.807) is 0 Å². The topological polar surface area (TPSA) is 59.2 Å². The third-order valence-electron chi connectivity index (χ3n) is 4.31. The molecular formula is C17H21N3OS. The number of aromatic nitrogens is 1. The Morgan fingerprint density at radius 3 is 2.64 bits per heavy atom. The van der Waals surface area contributed by atoms with Crippen LogP contribution in [0.4, 0.5) is 0 Å². The number of likely N-dealkylation sites (tertiary alicyclic amines) is 1. The normalized spacial score (nSPS) is 17.5. The smallest absolute Gasteiger partial charge is 0.273 e. The first-order valence-electron chi connectivity index (χ1n) is 7.71. The number of benzene rings is 1. The standard InChI is InChI=1S/C17H21N3OS/c1-12(18)13-7-9-20(10-8-13)17(21)15-11-22-16(19-15)14-5-3-2-4-6-14/h2-6,11-13H,7-10,18H2,1H3. The molecule has 2 N–H and O–H groups in total. The van der Waals surface area contributed by atoms with Crippen molar-refractivity contribution in [2.24, 2.45) is 11.7 Å². The fourth-order valence-electron chi connectivity index (χ4n) is 2.88. The van der Waals surface area contributed by atoms with Gasteiger partial charge in [0.05, 0.1) is 0 Å². The minimum atomic E-state index is 0.0431. The summed E-state index contributed by atoms with van der Waals surface area (Å²) < 4.78 is 0. The zero-order valence-corrected chi connectivity index (χ0v) is 13.6. The lowest BCUT2D eigenvalue weighted by molar-refractivity contribution is 0.0676. The maximum Gasteiger partial charge on any atom is 0.273 e. The molecule has 0 spiro atoms. The summed E-state index contributed by atoms with van der Waals surface area (Å²) in [5.74, 6) is 0.570. The number of amides is 1. The lowest BCUT2D eigenvalue weighted by Gasteiger charge is -2.33. The molecule has 4 nitrogen and oxygen atoms in total. The van der Waals surface area contributed by atoms with E-state index in [0.717, 1.165) is 36.5 Å². The van der Waals surface area contributed by atoms with Crippen LogP contribution < -0.4 is 5.73 Å². The quantitative estimate of drug-likeness (QED) is 0.947. The Balaban J connectivity index is 1.68. The number of hydrogen-bond acceptors (Lipinski definition) is 4. The summed E-state index contributed by atoms with van der Waals surface area (Å²) in [5.41, 5.74) is 7.57. The van der Waals surface area contributed by atoms with Crippen LogP contribution in [0.2, 0.25) is 0 Å². The molecule has 22 heavy (non-hydrogen) atoms. The Labute approximate surface area is 135 Å². The molecule has 1 aromatic carbocycles. The van der Waals surface area contributed by atoms with Gasteiger partial charge in [0.2, 0.25) is 0 Å². The van der Waals surface area contributed by atoms with E-state index in [4.69, 9.17) is 5.73 Å². The highest BCUT2D eigenvalue weighted by Crippen LogP contribution is 2.25. The number of piperidine rings is 1. The number of nitrogens with two attached hydrogens (primary N) is 1. The predicted octanol–water partition coefficient (Wildman–Crippen LogP) is 3.01. The van der Waals surface area contributed by atoms with Gasteiger partial charge in [-0.25, -0.2) is 4.98 Å². The van der Waals surface area contributed by atoms with Crippen molar-refractivity contribution in [2.45, 2.75) is 25.8 Å². The number of hydrogen-bond donors (Lipinski definition) is 1. The second kappa shape index (κ2) is 6.58. The average molecular weight is 315 g/mol. The molecule has 1 aliphatic rings. The molecule has 2 aromatic rings. The fraction of sp³-hybridized carbons (Fsp3) is 0.412. The lowest BCUT2D eigenvalue weighted by atomic mass is 9.91. The average Bonchev–Trinajstić information content (AvgIpc) is 3.05. The van der Waals surface area contributed by atoms with Crippen molar-refractivity contribution in [2.75, 3.05) is 13.1 Å². The van der Waals surface area contributed by atoms with E-state index in [1.807, 2.05) is 40.6 Å². The van der Waals surface area contributed by atoms with Crippen LogP contribution in [0.15, 0.2) is 35.7 Å². The number of carbonyl (C=O) groups excluding carboxylic acids is 1. The van der Waals surface area contributed by atoms with Crippen LogP contribution >= 0.6 is 11.3 Å². The molecule has 1 amide bonds. The van der Waals surface area contributed by atoms with Crippen LogP contribution in [-0.4, -0.2) is 34.9 Å². The van der Waals surface area contributed by atoms with Crippen molar-refractivity contribution in [1.29, 1.82) is 0 Å². The minimum absolute atomic E-state index is 0.0431. The van der Waals surface area contributed by atoms with E-state index >= 15 is 0 Å². The van der Waals surface area contributed by atoms with Gasteiger partial charge in [-0.05, 0) is 25.7 Å². The van der Waals surface area contributed by atoms with E-state index in [1.165, 1.54) is 11.3 Å². The van der Waals surface area contributed by atoms with E-state index in [0.29, 0.717) is 11.6 Å². The molecular weight excluding hydrogens is 294 g/mol. The van der Waals surface area contributed by atoms with Crippen molar-refractivity contribution >= 4 is 17.2 Å². The van der Waals surface area contributed by atoms with Crippen LogP contribution in [0.25, 0.3) is 10.6 Å². The SMILES string of the molecule is CC(N)C1CCN(C(=O)c2csc(-c3ccccc3)n2)CC1. The first-order chi connectivity index (χ1) is 10.6. The highest BCUT2D eigenvalue weighted by Gasteiger charge is 2.26. The molecule has 0 saturated carbocycles. The Hall–Kier alpha value is -1.72. The third-order valence-corrected chi connectivity index (χ3v) is 5.21. The first-order valence-corrected chi connectivity index (χ1v) is 8.59. The van der Waals surface area contributed by atoms with Gasteiger partial charge < -0.3 is 10.6 Å². The number of carbonyl (C=O) groups is 1. The van der Waals surface area contributed by atoms with Crippen molar-refractivity contribution in [3.8, 4) is 10.6 Å². The predicted molar refractivity (Wildman–Crippen MR) is 89.8 cm³/mol. The van der Waals surface area contributed by atoms with Crippen molar-refractivity contribution in [3.05, 3.63) is 41.4 Å². The minimum Gasteiger partial charge on any atom is -0.337 e. The van der Waals surface area contributed by atoms with Crippen molar-refractivity contribution < 1.29 is 4.79 Å². The Morgan fingerprint density at radius 1 is 1.32 bits per heavy atom. The van der Waals surface area contributed by atoms with Crippen LogP contribution in [0.1, 0.15) is 30.3 Å². The van der Waals surface area contributed by atoms with Gasteiger partial charge in [0.1, 0.15) is 10.7 Å². The summed E-state index contributed by atoms with van der Waals surface area (Å²) >= 11 is 1.52. The maximum absolute atomic E-state index is 12.6. The fourth-order valence-corrected chi connectivity index (χ4v) is 3.68. The van der Waals surface area contributed by atoms with Crippen molar-refractivity contribution in [1.82, 2.24) is 9.88 Å². The van der Waals surface area contributed by atoms with Gasteiger partial charge in [0, 0.05) is 30.1 Å². The van der Waals surface area contributed by atoms with E-state index in [-0.39, 0.29) is 11.9 Å². The summed E-state index contributed by atoms with van der Waals surface area (Å²) in [4.78, 5) is 19.0. The van der Waals surface area contributed by atoms with Gasteiger partial charge in [-0.2, -0.15) is 0 Å². The van der Waals surface area contributed by atoms with Gasteiger partial charge in [0.15, 0.2) is 0 Å². The number of thiazole rings is 1. The van der Waals surface area contributed by atoms with Gasteiger partial charge >= 0.3 is 0 Å². The third kappa shape index (κ3) is 3.20. The second-order valence-electron chi connectivity index (χ2n) is 5.89. The monoisotopic (exact) mass is 315 g/mol. The van der Waals surface area contributed by atoms with E-state index in [2.05, 4.69) is 11.9 Å². The molecule has 1 aliphatic heterocycles. The zero-order valence-electron chi connectivity index (χ0n) is 12.7. The summed E-state index contributed by atoms with van der Waals surface area (Å²) in [7, 11) is 0. The van der Waals surface area contributed by atoms with E-state index in [9.17, 15) is 4.79 Å². The number of nitrogens with zero attached hydrogens (tertiary/aromatic N) is 2. The molecule has 3 rings (SSSR count). The largest absolute Gasteiger partial charge is 0.337 e. The molecule has 1 saturated heterocycles. The zero-order chi connectivity index (χ0) is 15.5. The van der Waals surface area contributed by atoms with Crippen LogP contribution in [0.5, 0.6) is 0 Å². The lowest BCUT2D eigenvalue weighted by Crippen LogP contribution is -2.42. The molecule has 1 aromatic heterocycles. The van der Waals surface area contributed by atoms with Crippen LogP contribution in [0.3, 0.4) is 0 Å². The maximum atomic E-state index is 12.6. The number of rotatable bonds is 3. The van der Waals surface area contributed by atoms with Crippen molar-refractivity contribution in [3.63, 3.8) is 0 Å². The van der Waals surface area contributed by atoms with Gasteiger partial charge in [-0.3, -0.25) is 4.79 Å². The molecule has 1 atom stereocenters. The van der Waals surface area contributed by atoms with E-state index < -0.39 is 0 Å². The van der Waals surface area contributed by atoms with Gasteiger partial charge in [-0.1, -0.05) is 30.3 Å². The molecule has 116 valence electrons. The molecule has 5 heteroatoms. The first kappa shape index (κ1) is 15.2. The van der Waals surface area contributed by atoms with Gasteiger partial charge in [0.25, 0.3) is 5.91 Å². The molecule has 2 heterocycles. The Kier molecular flexibility index (Phi) is 4.55. The Bertz CT molecular complexity index is 630. The molecule has 1 unspecified atom stereocenters. The molecule has 0 bridgehead atoms. The van der Waals surface area contributed by atoms with Gasteiger partial charge in [-0.15, -0.1) is 11.3 Å². The van der Waals surface area contributed by atoms with Crippen LogP contribution in [0, 0.1) is 5.92 Å². The molecule has 0 radical (unpaired) electrons. The highest BCUT2D eigenvalue weighted by molar-refractivity contribution is 7.13. The summed E-state index contributed by atoms with van der Waals surface area (Å²) in [6.45, 7) is 3.61. The summed E-state index contributed by atoms with van der Waals surface area (Å²) in [6.07, 6.45) is 1.97. The Morgan fingerprint density at radius 2 is 2.00 bits per heavy atom. The summed E-state index contributed by atoms with van der Waals surface area (Å²) in [5, 5.41) is 2.76. The highest BCUT2D eigenvalue weighted by atomic mass is 32.1.